The summed E-state index contributed by atoms with van der Waals surface area (Å²) in [7, 11) is 0. The molecule has 6 heteroatoms. The number of rotatable bonds is 5. The van der Waals surface area contributed by atoms with E-state index < -0.39 is 11.8 Å². The van der Waals surface area contributed by atoms with Crippen molar-refractivity contribution in [1.29, 1.82) is 0 Å². The monoisotopic (exact) mass is 390 g/mol. The molecule has 0 saturated carbocycles. The average molecular weight is 390 g/mol. The van der Waals surface area contributed by atoms with E-state index in [-0.39, 0.29) is 17.7 Å². The van der Waals surface area contributed by atoms with Gasteiger partial charge in [0, 0.05) is 0 Å². The Morgan fingerprint density at radius 3 is 1.97 bits per heavy atom. The molecule has 6 nitrogen and oxygen atoms in total. The molecule has 29 heavy (non-hydrogen) atoms. The fourth-order valence-electron chi connectivity index (χ4n) is 4.01. The molecule has 2 heterocycles. The second-order valence-electron chi connectivity index (χ2n) is 7.60. The first kappa shape index (κ1) is 18.9. The lowest BCUT2D eigenvalue weighted by atomic mass is 9.97. The molecule has 0 bridgehead atoms. The molecular weight excluding hydrogens is 368 g/mol. The van der Waals surface area contributed by atoms with Crippen LogP contribution >= 0.6 is 0 Å². The number of fused-ring (bicyclic) bond motifs is 1. The predicted octanol–water partition coefficient (Wildman–Crippen LogP) is 3.79. The Bertz CT molecular complexity index is 1110. The molecule has 1 atom stereocenters. The Hall–Kier alpha value is -3.41. The van der Waals surface area contributed by atoms with Gasteiger partial charge in [0.2, 0.25) is 0 Å². The Balaban J connectivity index is 1.83. The number of benzene rings is 2. The van der Waals surface area contributed by atoms with Crippen molar-refractivity contribution >= 4 is 11.8 Å². The van der Waals surface area contributed by atoms with E-state index in [9.17, 15) is 14.4 Å². The van der Waals surface area contributed by atoms with Gasteiger partial charge in [0.15, 0.2) is 0 Å². The molecule has 1 aliphatic rings. The number of imide groups is 1. The molecule has 2 aromatic carbocycles. The number of nitrogens with zero attached hydrogens (tertiary/aromatic N) is 2. The van der Waals surface area contributed by atoms with Crippen molar-refractivity contribution in [2.45, 2.75) is 33.4 Å². The number of aryl methyl sites for hydroxylation is 1. The smallest absolute Gasteiger partial charge is 0.413 e. The maximum Gasteiger partial charge on any atom is 0.419 e. The minimum Gasteiger partial charge on any atom is -0.413 e. The van der Waals surface area contributed by atoms with Gasteiger partial charge in [-0.1, -0.05) is 56.3 Å². The second kappa shape index (κ2) is 7.20. The van der Waals surface area contributed by atoms with Crippen molar-refractivity contribution in [3.63, 3.8) is 0 Å². The molecule has 148 valence electrons. The molecule has 0 fully saturated rings. The van der Waals surface area contributed by atoms with Crippen LogP contribution in [-0.2, 0) is 6.54 Å². The number of hydrogen-bond donors (Lipinski definition) is 0. The molecule has 2 amide bonds. The molecule has 0 radical (unpaired) electrons. The maximum absolute atomic E-state index is 13.1. The second-order valence-corrected chi connectivity index (χ2v) is 7.60. The highest BCUT2D eigenvalue weighted by atomic mass is 16.4. The van der Waals surface area contributed by atoms with Gasteiger partial charge in [0.05, 0.1) is 29.4 Å². The first-order chi connectivity index (χ1) is 13.9. The van der Waals surface area contributed by atoms with E-state index in [0.29, 0.717) is 29.1 Å². The number of amides is 2. The zero-order valence-electron chi connectivity index (χ0n) is 16.6. The van der Waals surface area contributed by atoms with Gasteiger partial charge in [-0.3, -0.25) is 19.1 Å². The van der Waals surface area contributed by atoms with Gasteiger partial charge in [-0.05, 0) is 30.5 Å². The van der Waals surface area contributed by atoms with Crippen LogP contribution in [0.2, 0.25) is 0 Å². The lowest BCUT2D eigenvalue weighted by Crippen LogP contribution is -2.39. The Morgan fingerprint density at radius 1 is 0.862 bits per heavy atom. The molecule has 0 spiro atoms. The summed E-state index contributed by atoms with van der Waals surface area (Å²) in [6, 6.07) is 15.7. The highest BCUT2D eigenvalue weighted by Crippen LogP contribution is 2.37. The van der Waals surface area contributed by atoms with E-state index in [1.54, 1.807) is 31.2 Å². The standard InChI is InChI=1S/C23H22N2O4/c1-14(2)19(25-21(26)17-11-7-8-12-18(17)22(25)27)20-15(3)29-23(28)24(20)13-16-9-5-4-6-10-16/h4-12,14,19H,13H2,1-3H3. The highest BCUT2D eigenvalue weighted by molar-refractivity contribution is 6.21. The van der Waals surface area contributed by atoms with E-state index in [1.807, 2.05) is 44.2 Å². The van der Waals surface area contributed by atoms with Crippen molar-refractivity contribution in [1.82, 2.24) is 9.47 Å². The van der Waals surface area contributed by atoms with E-state index >= 15 is 0 Å². The van der Waals surface area contributed by atoms with Gasteiger partial charge in [0.25, 0.3) is 11.8 Å². The Kier molecular flexibility index (Phi) is 4.70. The molecule has 1 aromatic heterocycles. The van der Waals surface area contributed by atoms with Crippen LogP contribution in [0, 0.1) is 12.8 Å². The van der Waals surface area contributed by atoms with Crippen molar-refractivity contribution in [3.05, 3.63) is 93.3 Å². The minimum atomic E-state index is -0.613. The van der Waals surface area contributed by atoms with E-state index in [1.165, 1.54) is 9.47 Å². The molecule has 1 unspecified atom stereocenters. The normalized spacial score (nSPS) is 14.6. The van der Waals surface area contributed by atoms with Gasteiger partial charge in [-0.2, -0.15) is 0 Å². The maximum atomic E-state index is 13.1. The summed E-state index contributed by atoms with van der Waals surface area (Å²) in [5.41, 5.74) is 2.27. The van der Waals surface area contributed by atoms with Crippen LogP contribution in [0.15, 0.2) is 63.8 Å². The highest BCUT2D eigenvalue weighted by Gasteiger charge is 2.43. The first-order valence-corrected chi connectivity index (χ1v) is 9.61. The van der Waals surface area contributed by atoms with Gasteiger partial charge in [0.1, 0.15) is 5.76 Å². The van der Waals surface area contributed by atoms with Crippen molar-refractivity contribution in [2.75, 3.05) is 0 Å². The third-order valence-electron chi connectivity index (χ3n) is 5.31. The molecule has 1 aliphatic heterocycles. The van der Waals surface area contributed by atoms with Gasteiger partial charge < -0.3 is 4.42 Å². The average Bonchev–Trinajstić information content (AvgIpc) is 3.11. The first-order valence-electron chi connectivity index (χ1n) is 9.61. The van der Waals surface area contributed by atoms with E-state index in [0.717, 1.165) is 5.56 Å². The lowest BCUT2D eigenvalue weighted by molar-refractivity contribution is 0.0529. The molecule has 4 rings (SSSR count). The van der Waals surface area contributed by atoms with Gasteiger partial charge in [-0.25, -0.2) is 4.79 Å². The summed E-state index contributed by atoms with van der Waals surface area (Å²) in [6.07, 6.45) is 0. The Labute approximate surface area is 168 Å². The molecule has 0 saturated heterocycles. The number of carbonyl (C=O) groups excluding carboxylic acids is 2. The van der Waals surface area contributed by atoms with Crippen LogP contribution in [0.4, 0.5) is 0 Å². The summed E-state index contributed by atoms with van der Waals surface area (Å²) in [4.78, 5) is 40.1. The summed E-state index contributed by atoms with van der Waals surface area (Å²) < 4.78 is 6.94. The SMILES string of the molecule is Cc1oc(=O)n(Cc2ccccc2)c1C(C(C)C)N1C(=O)c2ccccc2C1=O. The van der Waals surface area contributed by atoms with E-state index in [2.05, 4.69) is 0 Å². The lowest BCUT2D eigenvalue weighted by Gasteiger charge is -2.30. The van der Waals surface area contributed by atoms with Gasteiger partial charge >= 0.3 is 5.76 Å². The molecular formula is C23H22N2O4. The van der Waals surface area contributed by atoms with Crippen molar-refractivity contribution in [2.24, 2.45) is 5.92 Å². The minimum absolute atomic E-state index is 0.116. The van der Waals surface area contributed by atoms with Crippen LogP contribution in [0.25, 0.3) is 0 Å². The number of hydrogen-bond acceptors (Lipinski definition) is 4. The van der Waals surface area contributed by atoms with Crippen LogP contribution in [0.1, 0.15) is 57.6 Å². The van der Waals surface area contributed by atoms with Gasteiger partial charge in [-0.15, -0.1) is 0 Å². The molecule has 3 aromatic rings. The quantitative estimate of drug-likeness (QED) is 0.622. The Morgan fingerprint density at radius 2 is 1.41 bits per heavy atom. The van der Waals surface area contributed by atoms with Crippen molar-refractivity contribution in [3.8, 4) is 0 Å². The fraction of sp³-hybridized carbons (Fsp3) is 0.261. The van der Waals surface area contributed by atoms with Crippen LogP contribution in [0.3, 0.4) is 0 Å². The molecule has 0 N–H and O–H groups in total. The zero-order valence-corrected chi connectivity index (χ0v) is 16.6. The third kappa shape index (κ3) is 3.10. The fourth-order valence-corrected chi connectivity index (χ4v) is 4.01. The predicted molar refractivity (Wildman–Crippen MR) is 108 cm³/mol. The summed E-state index contributed by atoms with van der Waals surface area (Å²) in [6.45, 7) is 5.86. The zero-order chi connectivity index (χ0) is 20.7. The third-order valence-corrected chi connectivity index (χ3v) is 5.31. The number of aromatic nitrogens is 1. The number of oxazole rings is 1. The van der Waals surface area contributed by atoms with Crippen molar-refractivity contribution < 1.29 is 14.0 Å². The van der Waals surface area contributed by atoms with Crippen LogP contribution in [0.5, 0.6) is 0 Å². The number of carbonyl (C=O) groups is 2. The van der Waals surface area contributed by atoms with Crippen LogP contribution in [-0.4, -0.2) is 21.3 Å². The summed E-state index contributed by atoms with van der Waals surface area (Å²) >= 11 is 0. The largest absolute Gasteiger partial charge is 0.419 e. The summed E-state index contributed by atoms with van der Waals surface area (Å²) in [5, 5.41) is 0. The van der Waals surface area contributed by atoms with E-state index in [4.69, 9.17) is 4.42 Å². The summed E-state index contributed by atoms with van der Waals surface area (Å²) in [5.74, 6) is -0.882. The van der Waals surface area contributed by atoms with Crippen LogP contribution < -0.4 is 5.76 Å². The topological polar surface area (TPSA) is 72.5 Å². The molecule has 0 aliphatic carbocycles.